The van der Waals surface area contributed by atoms with Crippen molar-refractivity contribution in [2.45, 2.75) is 6.92 Å². The van der Waals surface area contributed by atoms with Crippen LogP contribution in [0.5, 0.6) is 0 Å². The van der Waals surface area contributed by atoms with E-state index in [1.165, 1.54) is 19.1 Å². The van der Waals surface area contributed by atoms with Crippen molar-refractivity contribution >= 4 is 17.5 Å². The van der Waals surface area contributed by atoms with Gasteiger partial charge in [0.2, 0.25) is 5.78 Å². The third-order valence-corrected chi connectivity index (χ3v) is 3.14. The van der Waals surface area contributed by atoms with Crippen molar-refractivity contribution < 1.29 is 18.9 Å². The van der Waals surface area contributed by atoms with Crippen LogP contribution in [0.4, 0.5) is 5.88 Å². The number of hydrogen-bond acceptors (Lipinski definition) is 5. The van der Waals surface area contributed by atoms with Gasteiger partial charge >= 0.3 is 5.88 Å². The van der Waals surface area contributed by atoms with E-state index in [-0.39, 0.29) is 28.0 Å². The van der Waals surface area contributed by atoms with Gasteiger partial charge in [-0.3, -0.25) is 19.7 Å². The lowest BCUT2D eigenvalue weighted by Crippen LogP contribution is -2.19. The molecular weight excluding hydrogens is 250 g/mol. The van der Waals surface area contributed by atoms with Gasteiger partial charge in [0, 0.05) is 11.1 Å². The zero-order chi connectivity index (χ0) is 13.7. The summed E-state index contributed by atoms with van der Waals surface area (Å²) < 4.78 is 4.97. The van der Waals surface area contributed by atoms with Crippen molar-refractivity contribution in [2.24, 2.45) is 0 Å². The number of nitrogens with zero attached hydrogens (tertiary/aromatic N) is 1. The van der Waals surface area contributed by atoms with E-state index in [0.29, 0.717) is 0 Å². The van der Waals surface area contributed by atoms with Crippen LogP contribution in [0.3, 0.4) is 0 Å². The molecule has 0 radical (unpaired) electrons. The summed E-state index contributed by atoms with van der Waals surface area (Å²) in [5, 5.41) is 10.8. The maximum atomic E-state index is 12.3. The molecule has 1 heterocycles. The van der Waals surface area contributed by atoms with Gasteiger partial charge in [0.25, 0.3) is 0 Å². The van der Waals surface area contributed by atoms with Crippen molar-refractivity contribution in [1.82, 2.24) is 0 Å². The minimum Gasteiger partial charge on any atom is -0.396 e. The van der Waals surface area contributed by atoms with E-state index in [1.54, 1.807) is 12.1 Å². The summed E-state index contributed by atoms with van der Waals surface area (Å²) in [4.78, 5) is 34.5. The highest BCUT2D eigenvalue weighted by atomic mass is 16.6. The summed E-state index contributed by atoms with van der Waals surface area (Å²) in [6, 6.07) is 6.29. The van der Waals surface area contributed by atoms with Crippen LogP contribution in [-0.4, -0.2) is 16.5 Å². The molecule has 0 aliphatic heterocycles. The van der Waals surface area contributed by atoms with E-state index in [9.17, 15) is 19.7 Å². The van der Waals surface area contributed by atoms with E-state index in [1.807, 2.05) is 0 Å². The second kappa shape index (κ2) is 3.61. The normalized spacial score (nSPS) is 13.1. The average molecular weight is 257 g/mol. The molecule has 1 aromatic carbocycles. The molecule has 0 bridgehead atoms. The van der Waals surface area contributed by atoms with Gasteiger partial charge < -0.3 is 4.42 Å². The van der Waals surface area contributed by atoms with Gasteiger partial charge in [-0.15, -0.1) is 0 Å². The lowest BCUT2D eigenvalue weighted by Gasteiger charge is -2.12. The van der Waals surface area contributed by atoms with Gasteiger partial charge in [-0.1, -0.05) is 24.3 Å². The van der Waals surface area contributed by atoms with E-state index in [0.717, 1.165) is 0 Å². The standard InChI is InChI=1S/C13H7NO5/c1-6-9-10(15)7-4-2-3-5-8(7)11(16)12(9)19-13(6)14(17)18/h2-5H,1H3. The average Bonchev–Trinajstić information content (AvgIpc) is 2.74. The highest BCUT2D eigenvalue weighted by Crippen LogP contribution is 2.35. The Morgan fingerprint density at radius 1 is 1.11 bits per heavy atom. The number of benzene rings is 1. The van der Waals surface area contributed by atoms with Crippen LogP contribution in [-0.2, 0) is 0 Å². The van der Waals surface area contributed by atoms with Crippen LogP contribution in [0.2, 0.25) is 0 Å². The van der Waals surface area contributed by atoms with E-state index >= 15 is 0 Å². The van der Waals surface area contributed by atoms with Crippen LogP contribution in [0.15, 0.2) is 28.7 Å². The van der Waals surface area contributed by atoms with Gasteiger partial charge in [0.1, 0.15) is 4.92 Å². The Hall–Kier alpha value is -2.76. The van der Waals surface area contributed by atoms with E-state index in [2.05, 4.69) is 0 Å². The predicted octanol–water partition coefficient (Wildman–Crippen LogP) is 2.27. The third kappa shape index (κ3) is 1.36. The molecule has 19 heavy (non-hydrogen) atoms. The predicted molar refractivity (Wildman–Crippen MR) is 63.4 cm³/mol. The lowest BCUT2D eigenvalue weighted by molar-refractivity contribution is -0.402. The third-order valence-electron chi connectivity index (χ3n) is 3.14. The molecular formula is C13H7NO5. The summed E-state index contributed by atoms with van der Waals surface area (Å²) >= 11 is 0. The molecule has 3 rings (SSSR count). The quantitative estimate of drug-likeness (QED) is 0.492. The van der Waals surface area contributed by atoms with Gasteiger partial charge in [-0.25, -0.2) is 0 Å². The number of furan rings is 1. The smallest absolute Gasteiger partial charge is 0.396 e. The van der Waals surface area contributed by atoms with E-state index in [4.69, 9.17) is 4.42 Å². The molecule has 0 unspecified atom stereocenters. The molecule has 94 valence electrons. The number of fused-ring (bicyclic) bond motifs is 2. The van der Waals surface area contributed by atoms with Gasteiger partial charge in [0.05, 0.1) is 11.1 Å². The first-order valence-electron chi connectivity index (χ1n) is 5.48. The largest absolute Gasteiger partial charge is 0.437 e. The number of ketones is 2. The fourth-order valence-corrected chi connectivity index (χ4v) is 2.25. The second-order valence-corrected chi connectivity index (χ2v) is 4.20. The molecule has 6 heteroatoms. The molecule has 0 saturated carbocycles. The Kier molecular flexibility index (Phi) is 2.16. The molecule has 1 aliphatic rings. The molecule has 0 saturated heterocycles. The number of rotatable bonds is 1. The number of hydrogen-bond donors (Lipinski definition) is 0. The monoisotopic (exact) mass is 257 g/mol. The van der Waals surface area contributed by atoms with Crippen LogP contribution < -0.4 is 0 Å². The first kappa shape index (κ1) is 11.3. The minimum atomic E-state index is -0.737. The first-order chi connectivity index (χ1) is 9.02. The molecule has 0 spiro atoms. The zero-order valence-electron chi connectivity index (χ0n) is 9.80. The first-order valence-corrected chi connectivity index (χ1v) is 5.48. The Bertz CT molecular complexity index is 756. The zero-order valence-corrected chi connectivity index (χ0v) is 9.80. The Morgan fingerprint density at radius 3 is 2.26 bits per heavy atom. The molecule has 0 atom stereocenters. The molecule has 0 N–H and O–H groups in total. The molecule has 1 aliphatic carbocycles. The van der Waals surface area contributed by atoms with E-state index < -0.39 is 22.4 Å². The molecule has 6 nitrogen and oxygen atoms in total. The van der Waals surface area contributed by atoms with Gasteiger partial charge in [0.15, 0.2) is 11.5 Å². The summed E-state index contributed by atoms with van der Waals surface area (Å²) in [5.41, 5.74) is 0.547. The minimum absolute atomic E-state index is 0.00426. The van der Waals surface area contributed by atoms with Crippen molar-refractivity contribution in [3.8, 4) is 0 Å². The Labute approximate surface area is 106 Å². The van der Waals surface area contributed by atoms with Crippen LogP contribution >= 0.6 is 0 Å². The van der Waals surface area contributed by atoms with Gasteiger partial charge in [-0.05, 0) is 6.92 Å². The van der Waals surface area contributed by atoms with Crippen molar-refractivity contribution in [3.05, 3.63) is 62.4 Å². The highest BCUT2D eigenvalue weighted by molar-refractivity contribution is 6.28. The fraction of sp³-hybridized carbons (Fsp3) is 0.0769. The van der Waals surface area contributed by atoms with Gasteiger partial charge in [-0.2, -0.15) is 0 Å². The summed E-state index contributed by atoms with van der Waals surface area (Å²) in [6.45, 7) is 1.40. The topological polar surface area (TPSA) is 90.4 Å². The lowest BCUT2D eigenvalue weighted by atomic mass is 9.87. The fourth-order valence-electron chi connectivity index (χ4n) is 2.25. The van der Waals surface area contributed by atoms with Crippen LogP contribution in [0.1, 0.15) is 37.6 Å². The van der Waals surface area contributed by atoms with Crippen molar-refractivity contribution in [2.75, 3.05) is 0 Å². The van der Waals surface area contributed by atoms with Crippen LogP contribution in [0, 0.1) is 17.0 Å². The second-order valence-electron chi connectivity index (χ2n) is 4.20. The molecule has 1 aromatic heterocycles. The summed E-state index contributed by atoms with van der Waals surface area (Å²) in [7, 11) is 0. The Balaban J connectivity index is 2.33. The summed E-state index contributed by atoms with van der Waals surface area (Å²) in [5.74, 6) is -1.71. The molecule has 0 fully saturated rings. The maximum absolute atomic E-state index is 12.3. The van der Waals surface area contributed by atoms with Crippen LogP contribution in [0.25, 0.3) is 0 Å². The summed E-state index contributed by atoms with van der Waals surface area (Å²) in [6.07, 6.45) is 0. The van der Waals surface area contributed by atoms with Crippen molar-refractivity contribution in [1.29, 1.82) is 0 Å². The SMILES string of the molecule is Cc1c([N+](=O)[O-])oc2c1C(=O)c1ccccc1C2=O. The molecule has 2 aromatic rings. The highest BCUT2D eigenvalue weighted by Gasteiger charge is 2.38. The number of carbonyl (C=O) groups excluding carboxylic acids is 2. The number of nitro groups is 1. The van der Waals surface area contributed by atoms with Crippen molar-refractivity contribution in [3.63, 3.8) is 0 Å². The number of carbonyl (C=O) groups is 2. The molecule has 0 amide bonds. The maximum Gasteiger partial charge on any atom is 0.437 e. The Morgan fingerprint density at radius 2 is 1.68 bits per heavy atom.